The Kier molecular flexibility index (Phi) is 2.93. The molecule has 6 heteroatoms. The first-order valence-corrected chi connectivity index (χ1v) is 5.94. The van der Waals surface area contributed by atoms with Crippen molar-refractivity contribution in [3.05, 3.63) is 24.2 Å². The van der Waals surface area contributed by atoms with E-state index in [4.69, 9.17) is 9.26 Å². The maximum absolute atomic E-state index is 5.28. The van der Waals surface area contributed by atoms with Gasteiger partial charge in [0.1, 0.15) is 0 Å². The third-order valence-corrected chi connectivity index (χ3v) is 3.00. The highest BCUT2D eigenvalue weighted by Gasteiger charge is 2.22. The van der Waals surface area contributed by atoms with Crippen molar-refractivity contribution >= 4 is 0 Å². The van der Waals surface area contributed by atoms with Crippen LogP contribution >= 0.6 is 0 Å². The molecule has 0 aromatic carbocycles. The normalized spacial score (nSPS) is 19.1. The predicted octanol–water partition coefficient (Wildman–Crippen LogP) is 1.56. The summed E-state index contributed by atoms with van der Waals surface area (Å²) in [4.78, 5) is 8.52. The molecule has 2 aromatic heterocycles. The fourth-order valence-corrected chi connectivity index (χ4v) is 2.02. The van der Waals surface area contributed by atoms with Gasteiger partial charge in [-0.05, 0) is 25.5 Å². The zero-order valence-electron chi connectivity index (χ0n) is 10.1. The van der Waals surface area contributed by atoms with Gasteiger partial charge in [-0.2, -0.15) is 4.98 Å². The van der Waals surface area contributed by atoms with Crippen LogP contribution in [0.5, 0.6) is 5.88 Å². The lowest BCUT2D eigenvalue weighted by molar-refractivity contribution is 0.345. The Labute approximate surface area is 104 Å². The smallest absolute Gasteiger partial charge is 0.244 e. The van der Waals surface area contributed by atoms with Crippen molar-refractivity contribution in [1.82, 2.24) is 20.4 Å². The molecule has 1 fully saturated rings. The van der Waals surface area contributed by atoms with Crippen molar-refractivity contribution < 1.29 is 9.26 Å². The average molecular weight is 246 g/mol. The number of methoxy groups -OCH3 is 1. The molecule has 1 unspecified atom stereocenters. The van der Waals surface area contributed by atoms with Crippen LogP contribution in [0, 0.1) is 0 Å². The highest BCUT2D eigenvalue weighted by atomic mass is 16.5. The number of nitrogens with zero attached hydrogens (tertiary/aromatic N) is 3. The second-order valence-corrected chi connectivity index (χ2v) is 4.19. The van der Waals surface area contributed by atoms with E-state index in [9.17, 15) is 0 Å². The summed E-state index contributed by atoms with van der Waals surface area (Å²) in [6.45, 7) is 1.01. The number of hydrogen-bond donors (Lipinski definition) is 1. The fourth-order valence-electron chi connectivity index (χ4n) is 2.02. The van der Waals surface area contributed by atoms with Crippen LogP contribution < -0.4 is 10.1 Å². The summed E-state index contributed by atoms with van der Waals surface area (Å²) < 4.78 is 10.3. The van der Waals surface area contributed by atoms with Gasteiger partial charge in [-0.1, -0.05) is 5.16 Å². The molecule has 0 bridgehead atoms. The van der Waals surface area contributed by atoms with E-state index in [1.807, 2.05) is 6.07 Å². The Morgan fingerprint density at radius 2 is 2.39 bits per heavy atom. The molecule has 2 aromatic rings. The van der Waals surface area contributed by atoms with Crippen LogP contribution in [0.3, 0.4) is 0 Å². The van der Waals surface area contributed by atoms with Crippen molar-refractivity contribution in [2.24, 2.45) is 0 Å². The van der Waals surface area contributed by atoms with E-state index in [0.717, 1.165) is 24.9 Å². The van der Waals surface area contributed by atoms with Gasteiger partial charge in [0, 0.05) is 17.8 Å². The summed E-state index contributed by atoms with van der Waals surface area (Å²) in [5.41, 5.74) is 0.823. The molecule has 0 radical (unpaired) electrons. The summed E-state index contributed by atoms with van der Waals surface area (Å²) >= 11 is 0. The molecule has 1 aliphatic heterocycles. The first kappa shape index (κ1) is 11.2. The summed E-state index contributed by atoms with van der Waals surface area (Å²) in [5, 5.41) is 7.30. The van der Waals surface area contributed by atoms with Crippen molar-refractivity contribution in [3.8, 4) is 17.3 Å². The van der Waals surface area contributed by atoms with Crippen molar-refractivity contribution in [2.75, 3.05) is 13.7 Å². The van der Waals surface area contributed by atoms with Crippen LogP contribution in [0.1, 0.15) is 24.8 Å². The molecule has 1 atom stereocenters. The topological polar surface area (TPSA) is 73.1 Å². The molecular weight excluding hydrogens is 232 g/mol. The lowest BCUT2D eigenvalue weighted by atomic mass is 10.2. The largest absolute Gasteiger partial charge is 0.481 e. The maximum atomic E-state index is 5.28. The molecule has 0 saturated carbocycles. The zero-order chi connectivity index (χ0) is 12.4. The molecule has 0 amide bonds. The van der Waals surface area contributed by atoms with Crippen LogP contribution in [-0.2, 0) is 0 Å². The molecule has 1 saturated heterocycles. The molecular formula is C12H14N4O2. The quantitative estimate of drug-likeness (QED) is 0.886. The van der Waals surface area contributed by atoms with Crippen molar-refractivity contribution in [3.63, 3.8) is 0 Å². The Hall–Kier alpha value is -1.95. The molecule has 6 nitrogen and oxygen atoms in total. The number of rotatable bonds is 3. The van der Waals surface area contributed by atoms with Gasteiger partial charge in [-0.3, -0.25) is 0 Å². The SMILES string of the molecule is COc1ccc(-c2noc(C3CCCN3)n2)cn1. The highest BCUT2D eigenvalue weighted by molar-refractivity contribution is 5.53. The van der Waals surface area contributed by atoms with Crippen LogP contribution in [0.15, 0.2) is 22.9 Å². The molecule has 3 rings (SSSR count). The molecule has 18 heavy (non-hydrogen) atoms. The maximum Gasteiger partial charge on any atom is 0.244 e. The number of pyridine rings is 1. The Bertz CT molecular complexity index is 517. The van der Waals surface area contributed by atoms with E-state index in [1.54, 1.807) is 19.4 Å². The van der Waals surface area contributed by atoms with Gasteiger partial charge in [0.05, 0.1) is 13.2 Å². The monoisotopic (exact) mass is 246 g/mol. The Morgan fingerprint density at radius 1 is 1.44 bits per heavy atom. The Balaban J connectivity index is 1.82. The van der Waals surface area contributed by atoms with Crippen LogP contribution in [0.25, 0.3) is 11.4 Å². The number of aromatic nitrogens is 3. The van der Waals surface area contributed by atoms with Gasteiger partial charge >= 0.3 is 0 Å². The summed E-state index contributed by atoms with van der Waals surface area (Å²) in [6.07, 6.45) is 3.87. The van der Waals surface area contributed by atoms with Crippen LogP contribution in [0.2, 0.25) is 0 Å². The molecule has 1 N–H and O–H groups in total. The summed E-state index contributed by atoms with van der Waals surface area (Å²) in [7, 11) is 1.58. The predicted molar refractivity (Wildman–Crippen MR) is 64.1 cm³/mol. The van der Waals surface area contributed by atoms with Crippen molar-refractivity contribution in [2.45, 2.75) is 18.9 Å². The number of ether oxygens (including phenoxy) is 1. The third kappa shape index (κ3) is 2.06. The van der Waals surface area contributed by atoms with Gasteiger partial charge in [-0.15, -0.1) is 0 Å². The minimum Gasteiger partial charge on any atom is -0.481 e. The number of nitrogens with one attached hydrogen (secondary N) is 1. The van der Waals surface area contributed by atoms with E-state index in [0.29, 0.717) is 17.6 Å². The van der Waals surface area contributed by atoms with E-state index in [-0.39, 0.29) is 6.04 Å². The Morgan fingerprint density at radius 3 is 3.06 bits per heavy atom. The number of hydrogen-bond acceptors (Lipinski definition) is 6. The highest BCUT2D eigenvalue weighted by Crippen LogP contribution is 2.24. The van der Waals surface area contributed by atoms with E-state index < -0.39 is 0 Å². The first-order chi connectivity index (χ1) is 8.86. The van der Waals surface area contributed by atoms with Crippen molar-refractivity contribution in [1.29, 1.82) is 0 Å². The average Bonchev–Trinajstić information content (AvgIpc) is 3.09. The minimum atomic E-state index is 0.192. The standard InChI is InChI=1S/C12H14N4O2/c1-17-10-5-4-8(7-14-10)11-15-12(18-16-11)9-3-2-6-13-9/h4-5,7,9,13H,2-3,6H2,1H3. The second kappa shape index (κ2) is 4.73. The van der Waals surface area contributed by atoms with Gasteiger partial charge in [0.25, 0.3) is 0 Å². The minimum absolute atomic E-state index is 0.192. The summed E-state index contributed by atoms with van der Waals surface area (Å²) in [5.74, 6) is 1.78. The molecule has 3 heterocycles. The molecule has 0 spiro atoms. The van der Waals surface area contributed by atoms with Gasteiger partial charge in [0.15, 0.2) is 0 Å². The molecule has 94 valence electrons. The van der Waals surface area contributed by atoms with Crippen LogP contribution in [-0.4, -0.2) is 28.8 Å². The first-order valence-electron chi connectivity index (χ1n) is 5.94. The molecule has 1 aliphatic rings. The fraction of sp³-hybridized carbons (Fsp3) is 0.417. The molecule has 0 aliphatic carbocycles. The summed E-state index contributed by atoms with van der Waals surface area (Å²) in [6, 6.07) is 3.83. The van der Waals surface area contributed by atoms with Gasteiger partial charge < -0.3 is 14.6 Å². The van der Waals surface area contributed by atoms with E-state index in [2.05, 4.69) is 20.4 Å². The van der Waals surface area contributed by atoms with Gasteiger partial charge in [0.2, 0.25) is 17.6 Å². The van der Waals surface area contributed by atoms with E-state index >= 15 is 0 Å². The van der Waals surface area contributed by atoms with Crippen LogP contribution in [0.4, 0.5) is 0 Å². The zero-order valence-corrected chi connectivity index (χ0v) is 10.1. The second-order valence-electron chi connectivity index (χ2n) is 4.19. The lowest BCUT2D eigenvalue weighted by Crippen LogP contribution is -2.12. The third-order valence-electron chi connectivity index (χ3n) is 3.00. The lowest BCUT2D eigenvalue weighted by Gasteiger charge is -2.01. The van der Waals surface area contributed by atoms with Gasteiger partial charge in [-0.25, -0.2) is 4.98 Å². The van der Waals surface area contributed by atoms with E-state index in [1.165, 1.54) is 0 Å².